The summed E-state index contributed by atoms with van der Waals surface area (Å²) in [7, 11) is 0. The third kappa shape index (κ3) is 4.94. The molecule has 4 nitrogen and oxygen atoms in total. The summed E-state index contributed by atoms with van der Waals surface area (Å²) < 4.78 is 52.3. The Morgan fingerprint density at radius 1 is 1.38 bits per heavy atom. The Balaban J connectivity index is 3.55. The van der Waals surface area contributed by atoms with E-state index in [1.807, 2.05) is 0 Å². The SMILES string of the molecule is C=CCc1cn(C(CC(C)(C)C)C(=O)OF)c(=O)cc1C(F)(F)F. The molecule has 134 valence electrons. The number of hydrogen-bond acceptors (Lipinski definition) is 3. The van der Waals surface area contributed by atoms with Crippen LogP contribution >= 0.6 is 0 Å². The zero-order valence-electron chi connectivity index (χ0n) is 13.6. The summed E-state index contributed by atoms with van der Waals surface area (Å²) in [4.78, 5) is 27.0. The first-order valence-electron chi connectivity index (χ1n) is 7.16. The van der Waals surface area contributed by atoms with Gasteiger partial charge in [0.25, 0.3) is 5.56 Å². The molecule has 1 aromatic heterocycles. The van der Waals surface area contributed by atoms with E-state index in [0.717, 1.165) is 10.8 Å². The maximum absolute atomic E-state index is 13.0. The maximum Gasteiger partial charge on any atom is 0.416 e. The number of aromatic nitrogens is 1. The highest BCUT2D eigenvalue weighted by atomic mass is 19.4. The lowest BCUT2D eigenvalue weighted by molar-refractivity contribution is -0.189. The minimum atomic E-state index is -4.73. The van der Waals surface area contributed by atoms with E-state index in [9.17, 15) is 27.3 Å². The van der Waals surface area contributed by atoms with Crippen molar-refractivity contribution in [2.24, 2.45) is 5.41 Å². The normalized spacial score (nSPS) is 13.5. The Morgan fingerprint density at radius 2 is 1.96 bits per heavy atom. The van der Waals surface area contributed by atoms with Crippen molar-refractivity contribution >= 4 is 5.97 Å². The fourth-order valence-electron chi connectivity index (χ4n) is 2.34. The molecule has 0 spiro atoms. The number of pyridine rings is 1. The lowest BCUT2D eigenvalue weighted by atomic mass is 9.88. The van der Waals surface area contributed by atoms with Gasteiger partial charge in [0.1, 0.15) is 6.04 Å². The van der Waals surface area contributed by atoms with E-state index >= 15 is 0 Å². The number of carbonyl (C=O) groups is 1. The van der Waals surface area contributed by atoms with Crippen LogP contribution in [0.5, 0.6) is 0 Å². The molecule has 0 aliphatic carbocycles. The molecule has 0 amide bonds. The second-order valence-corrected chi connectivity index (χ2v) is 6.63. The van der Waals surface area contributed by atoms with E-state index in [4.69, 9.17) is 0 Å². The van der Waals surface area contributed by atoms with Gasteiger partial charge in [-0.15, -0.1) is 6.58 Å². The molecule has 0 aliphatic heterocycles. The molecular weight excluding hydrogens is 330 g/mol. The average Bonchev–Trinajstić information content (AvgIpc) is 2.44. The first-order chi connectivity index (χ1) is 10.9. The number of halogens is 4. The highest BCUT2D eigenvalue weighted by Crippen LogP contribution is 2.33. The molecule has 0 bridgehead atoms. The number of allylic oxidation sites excluding steroid dienone is 1. The molecule has 0 N–H and O–H groups in total. The van der Waals surface area contributed by atoms with Crippen molar-refractivity contribution < 1.29 is 27.4 Å². The van der Waals surface area contributed by atoms with Gasteiger partial charge in [-0.05, 0) is 23.8 Å². The van der Waals surface area contributed by atoms with Crippen LogP contribution in [0.4, 0.5) is 17.7 Å². The molecule has 1 atom stereocenters. The van der Waals surface area contributed by atoms with Gasteiger partial charge in [-0.25, -0.2) is 4.79 Å². The van der Waals surface area contributed by atoms with Gasteiger partial charge in [0.05, 0.1) is 5.56 Å². The van der Waals surface area contributed by atoms with Crippen LogP contribution in [0.3, 0.4) is 0 Å². The first-order valence-corrected chi connectivity index (χ1v) is 7.16. The van der Waals surface area contributed by atoms with Crippen LogP contribution in [0.2, 0.25) is 0 Å². The average molecular weight is 349 g/mol. The van der Waals surface area contributed by atoms with Crippen LogP contribution < -0.4 is 5.56 Å². The highest BCUT2D eigenvalue weighted by molar-refractivity contribution is 5.73. The Labute approximate surface area is 136 Å². The molecule has 24 heavy (non-hydrogen) atoms. The third-order valence-electron chi connectivity index (χ3n) is 3.32. The minimum Gasteiger partial charge on any atom is -0.301 e. The topological polar surface area (TPSA) is 48.3 Å². The van der Waals surface area contributed by atoms with E-state index in [0.29, 0.717) is 6.07 Å². The van der Waals surface area contributed by atoms with Crippen molar-refractivity contribution in [3.05, 3.63) is 46.4 Å². The van der Waals surface area contributed by atoms with Crippen molar-refractivity contribution in [3.8, 4) is 0 Å². The second kappa shape index (κ2) is 7.19. The van der Waals surface area contributed by atoms with Gasteiger partial charge >= 0.3 is 12.1 Å². The van der Waals surface area contributed by atoms with Crippen LogP contribution in [0.1, 0.15) is 44.4 Å². The van der Waals surface area contributed by atoms with Crippen molar-refractivity contribution in [2.45, 2.75) is 45.8 Å². The number of rotatable bonds is 5. The number of nitrogens with zero attached hydrogens (tertiary/aromatic N) is 1. The summed E-state index contributed by atoms with van der Waals surface area (Å²) in [5.41, 5.74) is -2.90. The summed E-state index contributed by atoms with van der Waals surface area (Å²) in [6.45, 7) is 8.60. The lowest BCUT2D eigenvalue weighted by Crippen LogP contribution is -2.34. The molecule has 0 radical (unpaired) electrons. The van der Waals surface area contributed by atoms with Crippen molar-refractivity contribution in [3.63, 3.8) is 0 Å². The standard InChI is InChI=1S/C16H19F4NO3/c1-5-6-10-9-21(13(22)7-11(10)16(17,18)19)12(14(23)24-20)8-15(2,3)4/h5,7,9,12H,1,6,8H2,2-4H3. The summed E-state index contributed by atoms with van der Waals surface area (Å²) in [6.07, 6.45) is -2.72. The van der Waals surface area contributed by atoms with Crippen molar-refractivity contribution in [1.82, 2.24) is 4.57 Å². The third-order valence-corrected chi connectivity index (χ3v) is 3.32. The van der Waals surface area contributed by atoms with Gasteiger partial charge < -0.3 is 4.57 Å². The van der Waals surface area contributed by atoms with Gasteiger partial charge in [-0.1, -0.05) is 26.8 Å². The quantitative estimate of drug-likeness (QED) is 0.596. The van der Waals surface area contributed by atoms with Gasteiger partial charge in [-0.2, -0.15) is 13.2 Å². The van der Waals surface area contributed by atoms with Crippen LogP contribution in [-0.4, -0.2) is 10.5 Å². The van der Waals surface area contributed by atoms with Crippen LogP contribution in [0.25, 0.3) is 0 Å². The highest BCUT2D eigenvalue weighted by Gasteiger charge is 2.36. The van der Waals surface area contributed by atoms with Crippen molar-refractivity contribution in [1.29, 1.82) is 0 Å². The minimum absolute atomic E-state index is 0.00849. The van der Waals surface area contributed by atoms with E-state index in [1.165, 1.54) is 6.08 Å². The molecular formula is C16H19F4NO3. The molecule has 0 fully saturated rings. The largest absolute Gasteiger partial charge is 0.416 e. The van der Waals surface area contributed by atoms with Crippen molar-refractivity contribution in [2.75, 3.05) is 0 Å². The molecule has 0 aromatic carbocycles. The Bertz CT molecular complexity index is 671. The molecule has 1 heterocycles. The monoisotopic (exact) mass is 349 g/mol. The van der Waals surface area contributed by atoms with Gasteiger partial charge in [0.15, 0.2) is 0 Å². The van der Waals surface area contributed by atoms with E-state index in [1.54, 1.807) is 20.8 Å². The molecule has 0 saturated heterocycles. The summed E-state index contributed by atoms with van der Waals surface area (Å²) >= 11 is 0. The Morgan fingerprint density at radius 3 is 2.38 bits per heavy atom. The summed E-state index contributed by atoms with van der Waals surface area (Å²) in [6, 6.07) is -0.964. The summed E-state index contributed by atoms with van der Waals surface area (Å²) in [5.74, 6) is -1.34. The molecule has 1 aromatic rings. The smallest absolute Gasteiger partial charge is 0.301 e. The van der Waals surface area contributed by atoms with E-state index in [2.05, 4.69) is 11.5 Å². The number of alkyl halides is 3. The predicted octanol–water partition coefficient (Wildman–Crippen LogP) is 4.00. The molecule has 1 unspecified atom stereocenters. The van der Waals surface area contributed by atoms with E-state index < -0.39 is 34.7 Å². The van der Waals surface area contributed by atoms with E-state index in [-0.39, 0.29) is 18.4 Å². The van der Waals surface area contributed by atoms with Crippen LogP contribution in [-0.2, 0) is 22.3 Å². The Hall–Kier alpha value is -2.12. The predicted molar refractivity (Wildman–Crippen MR) is 79.9 cm³/mol. The zero-order valence-corrected chi connectivity index (χ0v) is 13.6. The molecule has 1 rings (SSSR count). The fourth-order valence-corrected chi connectivity index (χ4v) is 2.34. The van der Waals surface area contributed by atoms with Gasteiger partial charge in [0, 0.05) is 16.8 Å². The van der Waals surface area contributed by atoms with Crippen LogP contribution in [0, 0.1) is 5.41 Å². The lowest BCUT2D eigenvalue weighted by Gasteiger charge is -2.25. The maximum atomic E-state index is 13.0. The molecule has 0 saturated carbocycles. The zero-order chi connectivity index (χ0) is 18.7. The fraction of sp³-hybridized carbons (Fsp3) is 0.500. The number of carbonyl (C=O) groups excluding carboxylic acids is 1. The second-order valence-electron chi connectivity index (χ2n) is 6.63. The van der Waals surface area contributed by atoms with Gasteiger partial charge in [0.2, 0.25) is 0 Å². The summed E-state index contributed by atoms with van der Waals surface area (Å²) in [5, 5.41) is 0. The van der Waals surface area contributed by atoms with Gasteiger partial charge in [-0.3, -0.25) is 9.74 Å². The first kappa shape index (κ1) is 19.9. The van der Waals surface area contributed by atoms with Crippen LogP contribution in [0.15, 0.2) is 29.7 Å². The number of hydrogen-bond donors (Lipinski definition) is 0. The molecule has 8 heteroatoms. The Kier molecular flexibility index (Phi) is 5.97. The molecule has 0 aliphatic rings.